The lowest BCUT2D eigenvalue weighted by Crippen LogP contribution is -2.50. The summed E-state index contributed by atoms with van der Waals surface area (Å²) >= 11 is 0. The van der Waals surface area contributed by atoms with Gasteiger partial charge in [0.25, 0.3) is 0 Å². The van der Waals surface area contributed by atoms with Crippen LogP contribution in [0.15, 0.2) is 48.7 Å². The summed E-state index contributed by atoms with van der Waals surface area (Å²) < 4.78 is 0. The van der Waals surface area contributed by atoms with Gasteiger partial charge in [0.2, 0.25) is 0 Å². The minimum Gasteiger partial charge on any atom is -0.378 e. The van der Waals surface area contributed by atoms with Crippen molar-refractivity contribution in [3.63, 3.8) is 0 Å². The van der Waals surface area contributed by atoms with Crippen molar-refractivity contribution < 1.29 is 4.79 Å². The number of rotatable bonds is 3. The first-order chi connectivity index (χ1) is 11.6. The van der Waals surface area contributed by atoms with Gasteiger partial charge in [0.05, 0.1) is 0 Å². The molecule has 0 atom stereocenters. The molecule has 0 bridgehead atoms. The molecular weight excluding hydrogens is 302 g/mol. The molecule has 0 aliphatic carbocycles. The third-order valence-corrected chi connectivity index (χ3v) is 4.18. The van der Waals surface area contributed by atoms with E-state index >= 15 is 0 Å². The SMILES string of the molecule is CN(C)c1ccc(NC(=O)N2CCN(c3ccccn3)CC2)cc1. The zero-order valence-corrected chi connectivity index (χ0v) is 14.1. The van der Waals surface area contributed by atoms with Crippen LogP contribution < -0.4 is 15.1 Å². The third-order valence-electron chi connectivity index (χ3n) is 4.18. The van der Waals surface area contributed by atoms with E-state index in [0.29, 0.717) is 13.1 Å². The smallest absolute Gasteiger partial charge is 0.321 e. The van der Waals surface area contributed by atoms with Crippen LogP contribution in [-0.4, -0.2) is 56.2 Å². The molecule has 1 aromatic carbocycles. The highest BCUT2D eigenvalue weighted by Crippen LogP contribution is 2.17. The Morgan fingerprint density at radius 3 is 2.33 bits per heavy atom. The number of nitrogens with zero attached hydrogens (tertiary/aromatic N) is 4. The maximum Gasteiger partial charge on any atom is 0.321 e. The molecule has 1 fully saturated rings. The highest BCUT2D eigenvalue weighted by Gasteiger charge is 2.21. The Bertz CT molecular complexity index is 664. The maximum absolute atomic E-state index is 12.4. The van der Waals surface area contributed by atoms with Crippen LogP contribution in [-0.2, 0) is 0 Å². The molecule has 2 aromatic rings. The van der Waals surface area contributed by atoms with E-state index in [4.69, 9.17) is 0 Å². The van der Waals surface area contributed by atoms with Gasteiger partial charge < -0.3 is 20.0 Å². The minimum absolute atomic E-state index is 0.0479. The van der Waals surface area contributed by atoms with E-state index in [2.05, 4.69) is 15.2 Å². The van der Waals surface area contributed by atoms with Crippen molar-refractivity contribution in [3.05, 3.63) is 48.7 Å². The normalized spacial score (nSPS) is 14.4. The number of benzene rings is 1. The molecule has 2 heterocycles. The van der Waals surface area contributed by atoms with Gasteiger partial charge in [0.15, 0.2) is 0 Å². The van der Waals surface area contributed by atoms with Crippen molar-refractivity contribution >= 4 is 23.2 Å². The lowest BCUT2D eigenvalue weighted by molar-refractivity contribution is 0.208. The van der Waals surface area contributed by atoms with E-state index in [1.807, 2.05) is 66.4 Å². The van der Waals surface area contributed by atoms with Gasteiger partial charge in [-0.1, -0.05) is 6.07 Å². The molecule has 0 saturated carbocycles. The van der Waals surface area contributed by atoms with Crippen molar-refractivity contribution in [2.45, 2.75) is 0 Å². The molecule has 2 amide bonds. The molecule has 0 spiro atoms. The predicted octanol–water partition coefficient (Wildman–Crippen LogP) is 2.50. The number of amides is 2. The standard InChI is InChI=1S/C18H23N5O/c1-21(2)16-8-6-15(7-9-16)20-18(24)23-13-11-22(12-14-23)17-5-3-4-10-19-17/h3-10H,11-14H2,1-2H3,(H,20,24). The van der Waals surface area contributed by atoms with Crippen LogP contribution in [0.25, 0.3) is 0 Å². The number of nitrogens with one attached hydrogen (secondary N) is 1. The van der Waals surface area contributed by atoms with Crippen LogP contribution in [0.4, 0.5) is 22.0 Å². The first-order valence-electron chi connectivity index (χ1n) is 8.13. The quantitative estimate of drug-likeness (QED) is 0.942. The van der Waals surface area contributed by atoms with Gasteiger partial charge in [-0.05, 0) is 36.4 Å². The van der Waals surface area contributed by atoms with E-state index in [1.54, 1.807) is 6.20 Å². The fourth-order valence-corrected chi connectivity index (χ4v) is 2.72. The van der Waals surface area contributed by atoms with E-state index in [1.165, 1.54) is 0 Å². The van der Waals surface area contributed by atoms with Gasteiger partial charge in [-0.2, -0.15) is 0 Å². The van der Waals surface area contributed by atoms with E-state index < -0.39 is 0 Å². The maximum atomic E-state index is 12.4. The number of hydrogen-bond donors (Lipinski definition) is 1. The van der Waals surface area contributed by atoms with E-state index in [0.717, 1.165) is 30.3 Å². The van der Waals surface area contributed by atoms with E-state index in [-0.39, 0.29) is 6.03 Å². The Morgan fingerprint density at radius 1 is 1.04 bits per heavy atom. The first-order valence-corrected chi connectivity index (χ1v) is 8.13. The highest BCUT2D eigenvalue weighted by atomic mass is 16.2. The number of carbonyl (C=O) groups excluding carboxylic acids is 1. The van der Waals surface area contributed by atoms with Crippen molar-refractivity contribution in [2.75, 3.05) is 55.4 Å². The molecular formula is C18H23N5O. The molecule has 24 heavy (non-hydrogen) atoms. The molecule has 1 aliphatic heterocycles. The second-order valence-corrected chi connectivity index (χ2v) is 6.03. The Balaban J connectivity index is 1.53. The van der Waals surface area contributed by atoms with Gasteiger partial charge in [-0.3, -0.25) is 0 Å². The molecule has 6 nitrogen and oxygen atoms in total. The Hall–Kier alpha value is -2.76. The van der Waals surface area contributed by atoms with Crippen LogP contribution in [0, 0.1) is 0 Å². The Morgan fingerprint density at radius 2 is 1.75 bits per heavy atom. The summed E-state index contributed by atoms with van der Waals surface area (Å²) in [6.45, 7) is 2.98. The number of aromatic nitrogens is 1. The number of anilines is 3. The zero-order chi connectivity index (χ0) is 16.9. The van der Waals surface area contributed by atoms with E-state index in [9.17, 15) is 4.79 Å². The predicted molar refractivity (Wildman–Crippen MR) is 97.8 cm³/mol. The molecule has 1 saturated heterocycles. The van der Waals surface area contributed by atoms with Gasteiger partial charge in [0.1, 0.15) is 5.82 Å². The molecule has 1 aliphatic rings. The van der Waals surface area contributed by atoms with Gasteiger partial charge >= 0.3 is 6.03 Å². The van der Waals surface area contributed by atoms with Crippen LogP contribution >= 0.6 is 0 Å². The third kappa shape index (κ3) is 3.76. The summed E-state index contributed by atoms with van der Waals surface area (Å²) in [5.41, 5.74) is 1.93. The molecule has 126 valence electrons. The van der Waals surface area contributed by atoms with Gasteiger partial charge in [-0.25, -0.2) is 9.78 Å². The van der Waals surface area contributed by atoms with Gasteiger partial charge in [0, 0.05) is 57.8 Å². The molecule has 0 unspecified atom stereocenters. The molecule has 1 N–H and O–H groups in total. The fourth-order valence-electron chi connectivity index (χ4n) is 2.72. The Kier molecular flexibility index (Phi) is 4.84. The number of piperazine rings is 1. The molecule has 3 rings (SSSR count). The number of hydrogen-bond acceptors (Lipinski definition) is 4. The largest absolute Gasteiger partial charge is 0.378 e. The number of urea groups is 1. The Labute approximate surface area is 142 Å². The summed E-state index contributed by atoms with van der Waals surface area (Å²) in [7, 11) is 3.99. The van der Waals surface area contributed by atoms with Gasteiger partial charge in [-0.15, -0.1) is 0 Å². The number of pyridine rings is 1. The summed E-state index contributed by atoms with van der Waals surface area (Å²) in [5.74, 6) is 0.969. The van der Waals surface area contributed by atoms with Crippen LogP contribution in [0.1, 0.15) is 0 Å². The van der Waals surface area contributed by atoms with Crippen molar-refractivity contribution in [1.82, 2.24) is 9.88 Å². The lowest BCUT2D eigenvalue weighted by atomic mass is 10.2. The summed E-state index contributed by atoms with van der Waals surface area (Å²) in [4.78, 5) is 22.8. The van der Waals surface area contributed by atoms with Crippen molar-refractivity contribution in [2.24, 2.45) is 0 Å². The zero-order valence-electron chi connectivity index (χ0n) is 14.1. The average Bonchev–Trinajstić information content (AvgIpc) is 2.63. The highest BCUT2D eigenvalue weighted by molar-refractivity contribution is 5.89. The second kappa shape index (κ2) is 7.21. The monoisotopic (exact) mass is 325 g/mol. The van der Waals surface area contributed by atoms with Crippen LogP contribution in [0.3, 0.4) is 0 Å². The topological polar surface area (TPSA) is 51.7 Å². The lowest BCUT2D eigenvalue weighted by Gasteiger charge is -2.35. The van der Waals surface area contributed by atoms with Crippen molar-refractivity contribution in [3.8, 4) is 0 Å². The second-order valence-electron chi connectivity index (χ2n) is 6.03. The number of carbonyl (C=O) groups is 1. The summed E-state index contributed by atoms with van der Waals surface area (Å²) in [5, 5.41) is 2.97. The van der Waals surface area contributed by atoms with Crippen molar-refractivity contribution in [1.29, 1.82) is 0 Å². The first kappa shape index (κ1) is 16.1. The molecule has 0 radical (unpaired) electrons. The summed E-state index contributed by atoms with van der Waals surface area (Å²) in [6, 6.07) is 13.7. The molecule has 1 aromatic heterocycles. The fraction of sp³-hybridized carbons (Fsp3) is 0.333. The summed E-state index contributed by atoms with van der Waals surface area (Å²) in [6.07, 6.45) is 1.80. The molecule has 6 heteroatoms. The van der Waals surface area contributed by atoms with Crippen LogP contribution in [0.2, 0.25) is 0 Å². The van der Waals surface area contributed by atoms with Crippen LogP contribution in [0.5, 0.6) is 0 Å². The average molecular weight is 325 g/mol. The minimum atomic E-state index is -0.0479.